The van der Waals surface area contributed by atoms with Crippen molar-refractivity contribution >= 4 is 18.1 Å². The molecule has 16 nitrogen and oxygen atoms in total. The third-order valence-electron chi connectivity index (χ3n) is 12.4. The van der Waals surface area contributed by atoms with Crippen molar-refractivity contribution in [2.45, 2.75) is 179 Å². The smallest absolute Gasteiger partial charge is 0.311 e. The average molecular weight is 777 g/mol. The van der Waals surface area contributed by atoms with Crippen molar-refractivity contribution < 1.29 is 68.4 Å². The van der Waals surface area contributed by atoms with E-state index in [1.54, 1.807) is 62.4 Å². The largest absolute Gasteiger partial charge is 0.459 e. The maximum absolute atomic E-state index is 14.2. The van der Waals surface area contributed by atoms with E-state index in [0.717, 1.165) is 0 Å². The van der Waals surface area contributed by atoms with E-state index in [1.807, 2.05) is 6.92 Å². The van der Waals surface area contributed by atoms with Gasteiger partial charge in [-0.25, -0.2) is 0 Å². The highest BCUT2D eigenvalue weighted by atomic mass is 16.7. The van der Waals surface area contributed by atoms with Gasteiger partial charge in [0.1, 0.15) is 23.9 Å². The van der Waals surface area contributed by atoms with Gasteiger partial charge >= 0.3 is 5.97 Å². The van der Waals surface area contributed by atoms with Gasteiger partial charge in [-0.05, 0) is 60.8 Å². The number of hydrogen-bond donors (Lipinski definition) is 5. The molecular formula is C38H68N2O14. The predicted molar refractivity (Wildman–Crippen MR) is 195 cm³/mol. The highest BCUT2D eigenvalue weighted by molar-refractivity contribution is 5.88. The zero-order chi connectivity index (χ0) is 41.1. The van der Waals surface area contributed by atoms with E-state index in [4.69, 9.17) is 33.2 Å². The van der Waals surface area contributed by atoms with Gasteiger partial charge in [0.05, 0.1) is 59.4 Å². The lowest BCUT2D eigenvalue weighted by Crippen LogP contribution is -2.61. The molecule has 5 N–H and O–H groups in total. The van der Waals surface area contributed by atoms with Crippen molar-refractivity contribution in [1.29, 1.82) is 0 Å². The van der Waals surface area contributed by atoms with Gasteiger partial charge < -0.3 is 63.7 Å². The van der Waals surface area contributed by atoms with Crippen LogP contribution in [0.15, 0.2) is 5.16 Å². The molecule has 16 heteroatoms. The van der Waals surface area contributed by atoms with E-state index in [2.05, 4.69) is 5.16 Å². The molecule has 0 aromatic carbocycles. The summed E-state index contributed by atoms with van der Waals surface area (Å²) in [6, 6.07) is -0.636. The maximum Gasteiger partial charge on any atom is 0.311 e. The number of aliphatic hydroxyl groups excluding tert-OH is 3. The summed E-state index contributed by atoms with van der Waals surface area (Å²) in [7, 11) is 4.54. The van der Waals surface area contributed by atoms with Gasteiger partial charge in [-0.2, -0.15) is 0 Å². The number of aliphatic hydroxyl groups is 4. The number of esters is 1. The SMILES string of the molecule is CC[C@H]1OC(=O)[C@H](C)[C@@H](O[C@H]2C[C@](C)(OC)[C@@H](O)C(C)O2)[C@H](C)[C@@H](O[C@@H]2OC(C)CC(N(C)C=O)[C@@H]2O)[C@](C)(OC)C[C@@H](C)C(=NO)[C@H](C)[C@@H](O)[C@]1(C)O. The molecule has 314 valence electrons. The summed E-state index contributed by atoms with van der Waals surface area (Å²) < 4.78 is 43.8. The molecule has 3 unspecified atom stereocenters. The molecule has 3 fully saturated rings. The number of ether oxygens (including phenoxy) is 7. The second-order valence-electron chi connectivity index (χ2n) is 16.6. The van der Waals surface area contributed by atoms with Crippen molar-refractivity contribution in [3.8, 4) is 0 Å². The van der Waals surface area contributed by atoms with Gasteiger partial charge in [-0.15, -0.1) is 0 Å². The summed E-state index contributed by atoms with van der Waals surface area (Å²) in [6.45, 7) is 17.0. The van der Waals surface area contributed by atoms with Crippen LogP contribution in [0.25, 0.3) is 0 Å². The third-order valence-corrected chi connectivity index (χ3v) is 12.4. The van der Waals surface area contributed by atoms with Crippen LogP contribution in [0.2, 0.25) is 0 Å². The maximum atomic E-state index is 14.2. The van der Waals surface area contributed by atoms with Crippen LogP contribution in [0.1, 0.15) is 94.9 Å². The second kappa shape index (κ2) is 18.5. The highest BCUT2D eigenvalue weighted by Crippen LogP contribution is 2.42. The summed E-state index contributed by atoms with van der Waals surface area (Å²) in [5.41, 5.74) is -4.15. The zero-order valence-corrected chi connectivity index (χ0v) is 34.4. The fraction of sp³-hybridized carbons (Fsp3) is 0.921. The van der Waals surface area contributed by atoms with E-state index in [9.17, 15) is 35.2 Å². The number of carbonyl (C=O) groups excluding carboxylic acids is 2. The van der Waals surface area contributed by atoms with Gasteiger partial charge in [0.25, 0.3) is 0 Å². The number of likely N-dealkylation sites (N-methyl/N-ethyl adjacent to an activating group) is 1. The first-order valence-corrected chi connectivity index (χ1v) is 19.1. The Balaban J connectivity index is 2.26. The van der Waals surface area contributed by atoms with Gasteiger partial charge in [-0.1, -0.05) is 32.9 Å². The van der Waals surface area contributed by atoms with E-state index in [-0.39, 0.29) is 25.0 Å². The van der Waals surface area contributed by atoms with Gasteiger partial charge in [0, 0.05) is 45.4 Å². The van der Waals surface area contributed by atoms with Crippen LogP contribution in [0.5, 0.6) is 0 Å². The van der Waals surface area contributed by atoms with Gasteiger partial charge in [0.15, 0.2) is 12.6 Å². The summed E-state index contributed by atoms with van der Waals surface area (Å²) in [5, 5.41) is 59.8. The third kappa shape index (κ3) is 9.57. The Morgan fingerprint density at radius 2 is 1.54 bits per heavy atom. The molecule has 0 spiro atoms. The summed E-state index contributed by atoms with van der Waals surface area (Å²) >= 11 is 0. The number of amides is 1. The van der Waals surface area contributed by atoms with Crippen molar-refractivity contribution in [1.82, 2.24) is 4.90 Å². The lowest BCUT2D eigenvalue weighted by molar-refractivity contribution is -0.319. The Morgan fingerprint density at radius 1 is 0.926 bits per heavy atom. The molecule has 3 aliphatic heterocycles. The van der Waals surface area contributed by atoms with E-state index in [1.165, 1.54) is 26.0 Å². The Bertz CT molecular complexity index is 1270. The normalized spacial score (nSPS) is 48.1. The summed E-state index contributed by atoms with van der Waals surface area (Å²) in [6.07, 6.45) is -9.07. The second-order valence-corrected chi connectivity index (χ2v) is 16.6. The minimum atomic E-state index is -1.96. The average Bonchev–Trinajstić information content (AvgIpc) is 3.13. The number of carbonyl (C=O) groups is 2. The molecule has 3 aliphatic rings. The molecule has 1 amide bonds. The van der Waals surface area contributed by atoms with E-state index >= 15 is 0 Å². The molecule has 54 heavy (non-hydrogen) atoms. The minimum absolute atomic E-state index is 0.0957. The molecule has 0 saturated carbocycles. The predicted octanol–water partition coefficient (Wildman–Crippen LogP) is 2.23. The van der Waals surface area contributed by atoms with Gasteiger partial charge in [-0.3, -0.25) is 9.59 Å². The lowest BCUT2D eigenvalue weighted by Gasteiger charge is -2.50. The van der Waals surface area contributed by atoms with Crippen molar-refractivity contribution in [3.05, 3.63) is 0 Å². The Hall–Kier alpha value is -1.99. The van der Waals surface area contributed by atoms with Crippen LogP contribution in [-0.4, -0.2) is 154 Å². The monoisotopic (exact) mass is 776 g/mol. The fourth-order valence-electron chi connectivity index (χ4n) is 8.75. The molecule has 0 aliphatic carbocycles. The Labute approximate surface area is 320 Å². The zero-order valence-electron chi connectivity index (χ0n) is 34.4. The van der Waals surface area contributed by atoms with Crippen LogP contribution in [-0.2, 0) is 42.7 Å². The van der Waals surface area contributed by atoms with E-state index in [0.29, 0.717) is 12.8 Å². The summed E-state index contributed by atoms with van der Waals surface area (Å²) in [4.78, 5) is 27.4. The van der Waals surface area contributed by atoms with Crippen LogP contribution >= 0.6 is 0 Å². The molecule has 0 aromatic heterocycles. The number of cyclic esters (lactones) is 1. The van der Waals surface area contributed by atoms with Crippen molar-refractivity contribution in [2.24, 2.45) is 28.8 Å². The molecule has 0 radical (unpaired) electrons. The molecular weight excluding hydrogens is 708 g/mol. The molecule has 0 aromatic rings. The van der Waals surface area contributed by atoms with Crippen LogP contribution in [0, 0.1) is 23.7 Å². The Morgan fingerprint density at radius 3 is 2.07 bits per heavy atom. The quantitative estimate of drug-likeness (QED) is 0.0983. The first kappa shape index (κ1) is 46.4. The standard InChI is InChI=1S/C38H68N2O14/c1-14-26-38(10,46)31(43)21(4)28(39-47)19(2)16-37(9,49-13)33(54-35-29(42)25(40(11)18-41)15-20(3)50-35)22(5)30(23(6)34(45)52-26)53-27-17-36(8,48-12)32(44)24(7)51-27/h18-27,29-33,35,42-44,46-47H,14-17H2,1-13H3/t19-,20?,21+,22+,23-,24?,25?,26-,27+,29+,30+,31-,32+,33-,35+,36+,37-,38-/m1/s1. The van der Waals surface area contributed by atoms with Crippen LogP contribution < -0.4 is 0 Å². The van der Waals surface area contributed by atoms with Gasteiger partial charge in [0.2, 0.25) is 6.41 Å². The number of hydrogen-bond acceptors (Lipinski definition) is 15. The lowest BCUT2D eigenvalue weighted by atomic mass is 9.73. The molecule has 3 rings (SSSR count). The highest BCUT2D eigenvalue weighted by Gasteiger charge is 2.54. The molecule has 0 bridgehead atoms. The van der Waals surface area contributed by atoms with Crippen molar-refractivity contribution in [2.75, 3.05) is 21.3 Å². The molecule has 3 saturated heterocycles. The van der Waals surface area contributed by atoms with Crippen LogP contribution in [0.4, 0.5) is 0 Å². The number of oxime groups is 1. The fourth-order valence-corrected chi connectivity index (χ4v) is 8.75. The first-order valence-electron chi connectivity index (χ1n) is 19.1. The summed E-state index contributed by atoms with van der Waals surface area (Å²) in [5.74, 6) is -4.06. The minimum Gasteiger partial charge on any atom is -0.459 e. The Kier molecular flexibility index (Phi) is 15.9. The first-order chi connectivity index (χ1) is 25.1. The number of nitrogens with zero attached hydrogens (tertiary/aromatic N) is 2. The van der Waals surface area contributed by atoms with Crippen LogP contribution in [0.3, 0.4) is 0 Å². The van der Waals surface area contributed by atoms with Crippen molar-refractivity contribution in [3.63, 3.8) is 0 Å². The molecule has 18 atom stereocenters. The number of rotatable bonds is 9. The number of methoxy groups -OCH3 is 2. The molecule has 3 heterocycles. The van der Waals surface area contributed by atoms with E-state index < -0.39 is 114 Å². The topological polar surface area (TPSA) is 215 Å².